The number of nitrogens with zero attached hydrogens (tertiary/aromatic N) is 2. The normalized spacial score (nSPS) is 29.6. The summed E-state index contributed by atoms with van der Waals surface area (Å²) in [6.45, 7) is 14.9. The number of carboxylic acid groups (broad SMARTS) is 1. The monoisotopic (exact) mass is 398 g/mol. The van der Waals surface area contributed by atoms with Gasteiger partial charge >= 0.3 is 5.97 Å². The number of hydrogen-bond acceptors (Lipinski definition) is 3. The summed E-state index contributed by atoms with van der Waals surface area (Å²) in [5.74, 6) is 0.302. The first-order valence-electron chi connectivity index (χ1n) is 11.4. The van der Waals surface area contributed by atoms with Crippen molar-refractivity contribution < 1.29 is 9.90 Å². The standard InChI is InChI=1S/C25H38N2O2/c1-24(2)14-19(15-25(3,4)17-24)20-7-5-6-8-22(20)27-11-9-26(10-12-27)16-18-13-21(18)23(28)29/h5-8,18-19,21H,9-17H2,1-4H3,(H,28,29). The zero-order valence-electron chi connectivity index (χ0n) is 18.7. The molecule has 2 saturated carbocycles. The largest absolute Gasteiger partial charge is 0.481 e. The van der Waals surface area contributed by atoms with Gasteiger partial charge in [-0.15, -0.1) is 0 Å². The van der Waals surface area contributed by atoms with E-state index < -0.39 is 5.97 Å². The van der Waals surface area contributed by atoms with Gasteiger partial charge in [-0.2, -0.15) is 0 Å². The SMILES string of the molecule is CC1(C)CC(c2ccccc2N2CCN(CC3CC3C(=O)O)CC2)CC(C)(C)C1. The van der Waals surface area contributed by atoms with Crippen molar-refractivity contribution in [2.75, 3.05) is 37.6 Å². The lowest BCUT2D eigenvalue weighted by atomic mass is 9.60. The van der Waals surface area contributed by atoms with Gasteiger partial charge in [0.05, 0.1) is 5.92 Å². The molecule has 1 aromatic carbocycles. The van der Waals surface area contributed by atoms with E-state index >= 15 is 0 Å². The quantitative estimate of drug-likeness (QED) is 0.770. The van der Waals surface area contributed by atoms with Crippen LogP contribution in [0.4, 0.5) is 5.69 Å². The van der Waals surface area contributed by atoms with E-state index in [4.69, 9.17) is 5.11 Å². The molecule has 1 heterocycles. The molecule has 0 amide bonds. The molecule has 4 nitrogen and oxygen atoms in total. The molecular formula is C25H38N2O2. The fourth-order valence-electron chi connectivity index (χ4n) is 6.44. The van der Waals surface area contributed by atoms with Crippen molar-refractivity contribution in [1.29, 1.82) is 0 Å². The maximum atomic E-state index is 11.1. The third kappa shape index (κ3) is 4.79. The number of benzene rings is 1. The van der Waals surface area contributed by atoms with E-state index in [-0.39, 0.29) is 5.92 Å². The molecule has 0 spiro atoms. The minimum Gasteiger partial charge on any atom is -0.481 e. The van der Waals surface area contributed by atoms with E-state index in [1.165, 1.54) is 30.5 Å². The van der Waals surface area contributed by atoms with Gasteiger partial charge in [0.1, 0.15) is 0 Å². The molecule has 1 saturated heterocycles. The van der Waals surface area contributed by atoms with Gasteiger partial charge in [0.15, 0.2) is 0 Å². The number of piperazine rings is 1. The van der Waals surface area contributed by atoms with Crippen molar-refractivity contribution in [1.82, 2.24) is 4.90 Å². The maximum Gasteiger partial charge on any atom is 0.306 e. The van der Waals surface area contributed by atoms with Crippen LogP contribution >= 0.6 is 0 Å². The first kappa shape index (κ1) is 20.7. The maximum absolute atomic E-state index is 11.1. The average molecular weight is 399 g/mol. The number of aliphatic carboxylic acids is 1. The van der Waals surface area contributed by atoms with Gasteiger partial charge in [-0.1, -0.05) is 45.9 Å². The van der Waals surface area contributed by atoms with Gasteiger partial charge in [0, 0.05) is 38.4 Å². The molecule has 2 unspecified atom stereocenters. The molecule has 4 heteroatoms. The Balaban J connectivity index is 1.42. The molecule has 2 atom stereocenters. The highest BCUT2D eigenvalue weighted by molar-refractivity contribution is 5.73. The van der Waals surface area contributed by atoms with Gasteiger partial charge in [-0.3, -0.25) is 9.69 Å². The Labute approximate surface area is 176 Å². The second-order valence-electron chi connectivity index (χ2n) is 11.4. The second kappa shape index (κ2) is 7.61. The van der Waals surface area contributed by atoms with Crippen LogP contribution in [0.3, 0.4) is 0 Å². The Hall–Kier alpha value is -1.55. The number of carbonyl (C=O) groups is 1. The molecule has 3 fully saturated rings. The molecule has 1 aromatic rings. The molecule has 0 radical (unpaired) electrons. The van der Waals surface area contributed by atoms with Crippen molar-refractivity contribution in [2.24, 2.45) is 22.7 Å². The van der Waals surface area contributed by atoms with Gasteiger partial charge in [-0.25, -0.2) is 0 Å². The first-order chi connectivity index (χ1) is 13.6. The van der Waals surface area contributed by atoms with Crippen molar-refractivity contribution >= 4 is 11.7 Å². The first-order valence-corrected chi connectivity index (χ1v) is 11.4. The molecule has 160 valence electrons. The summed E-state index contributed by atoms with van der Waals surface area (Å²) in [5.41, 5.74) is 3.75. The zero-order valence-corrected chi connectivity index (χ0v) is 18.7. The highest BCUT2D eigenvalue weighted by Crippen LogP contribution is 2.53. The van der Waals surface area contributed by atoms with E-state index in [1.54, 1.807) is 0 Å². The average Bonchev–Trinajstić information content (AvgIpc) is 3.39. The third-order valence-corrected chi connectivity index (χ3v) is 7.38. The van der Waals surface area contributed by atoms with E-state index in [0.717, 1.165) is 39.1 Å². The van der Waals surface area contributed by atoms with Crippen LogP contribution in [-0.4, -0.2) is 48.7 Å². The Kier molecular flexibility index (Phi) is 5.43. The fraction of sp³-hybridized carbons (Fsp3) is 0.720. The van der Waals surface area contributed by atoms with Gasteiger partial charge in [-0.05, 0) is 60.0 Å². The second-order valence-corrected chi connectivity index (χ2v) is 11.4. The summed E-state index contributed by atoms with van der Waals surface area (Å²) < 4.78 is 0. The molecule has 1 N–H and O–H groups in total. The molecule has 1 aliphatic heterocycles. The van der Waals surface area contributed by atoms with Crippen LogP contribution < -0.4 is 4.90 Å². The van der Waals surface area contributed by atoms with Crippen LogP contribution in [0, 0.1) is 22.7 Å². The Morgan fingerprint density at radius 3 is 2.24 bits per heavy atom. The fourth-order valence-corrected chi connectivity index (χ4v) is 6.44. The Morgan fingerprint density at radius 1 is 1.03 bits per heavy atom. The topological polar surface area (TPSA) is 43.8 Å². The summed E-state index contributed by atoms with van der Waals surface area (Å²) >= 11 is 0. The number of para-hydroxylation sites is 1. The molecule has 0 aromatic heterocycles. The Bertz CT molecular complexity index is 733. The third-order valence-electron chi connectivity index (χ3n) is 7.38. The van der Waals surface area contributed by atoms with Crippen LogP contribution in [0.1, 0.15) is 64.9 Å². The van der Waals surface area contributed by atoms with Crippen LogP contribution in [-0.2, 0) is 4.79 Å². The summed E-state index contributed by atoms with van der Waals surface area (Å²) in [4.78, 5) is 16.1. The summed E-state index contributed by atoms with van der Waals surface area (Å²) in [6.07, 6.45) is 4.71. The molecule has 3 aliphatic rings. The molecule has 29 heavy (non-hydrogen) atoms. The van der Waals surface area contributed by atoms with Crippen LogP contribution in [0.25, 0.3) is 0 Å². The minimum absolute atomic E-state index is 0.0910. The summed E-state index contributed by atoms with van der Waals surface area (Å²) in [5, 5.41) is 9.15. The molecule has 4 rings (SSSR count). The van der Waals surface area contributed by atoms with Crippen LogP contribution in [0.5, 0.6) is 0 Å². The lowest BCUT2D eigenvalue weighted by Gasteiger charge is -2.46. The predicted molar refractivity (Wildman–Crippen MR) is 118 cm³/mol. The number of hydrogen-bond donors (Lipinski definition) is 1. The highest BCUT2D eigenvalue weighted by atomic mass is 16.4. The highest BCUT2D eigenvalue weighted by Gasteiger charge is 2.44. The van der Waals surface area contributed by atoms with Gasteiger partial charge in [0.2, 0.25) is 0 Å². The van der Waals surface area contributed by atoms with Crippen molar-refractivity contribution in [3.8, 4) is 0 Å². The number of carboxylic acids is 1. The van der Waals surface area contributed by atoms with Crippen LogP contribution in [0.2, 0.25) is 0 Å². The smallest absolute Gasteiger partial charge is 0.306 e. The molecule has 2 aliphatic carbocycles. The predicted octanol–water partition coefficient (Wildman–Crippen LogP) is 4.85. The van der Waals surface area contributed by atoms with E-state index in [2.05, 4.69) is 61.8 Å². The van der Waals surface area contributed by atoms with Crippen LogP contribution in [0.15, 0.2) is 24.3 Å². The minimum atomic E-state index is -0.610. The lowest BCUT2D eigenvalue weighted by molar-refractivity contribution is -0.138. The van der Waals surface area contributed by atoms with Gasteiger partial charge in [0.25, 0.3) is 0 Å². The zero-order chi connectivity index (χ0) is 20.8. The van der Waals surface area contributed by atoms with Crippen molar-refractivity contribution in [2.45, 2.75) is 59.3 Å². The Morgan fingerprint density at radius 2 is 1.66 bits per heavy atom. The van der Waals surface area contributed by atoms with Crippen molar-refractivity contribution in [3.63, 3.8) is 0 Å². The molecular weight excluding hydrogens is 360 g/mol. The van der Waals surface area contributed by atoms with E-state index in [1.807, 2.05) is 0 Å². The lowest BCUT2D eigenvalue weighted by Crippen LogP contribution is -2.47. The number of anilines is 1. The van der Waals surface area contributed by atoms with Crippen molar-refractivity contribution in [3.05, 3.63) is 29.8 Å². The summed E-state index contributed by atoms with van der Waals surface area (Å²) in [6, 6.07) is 9.08. The number of rotatable bonds is 5. The van der Waals surface area contributed by atoms with E-state index in [0.29, 0.717) is 22.7 Å². The van der Waals surface area contributed by atoms with E-state index in [9.17, 15) is 4.79 Å². The van der Waals surface area contributed by atoms with Gasteiger partial charge < -0.3 is 10.0 Å². The molecule has 0 bridgehead atoms. The summed E-state index contributed by atoms with van der Waals surface area (Å²) in [7, 11) is 0.